The predicted molar refractivity (Wildman–Crippen MR) is 240 cm³/mol. The zero-order valence-corrected chi connectivity index (χ0v) is 39.8. The summed E-state index contributed by atoms with van der Waals surface area (Å²) in [5.74, 6) is -8.12. The Labute approximate surface area is 391 Å². The summed E-state index contributed by atoms with van der Waals surface area (Å²) in [5.41, 5.74) is -6.47. The molecule has 1 N–H and O–H groups in total. The van der Waals surface area contributed by atoms with Gasteiger partial charge in [-0.05, 0) is 49.6 Å². The van der Waals surface area contributed by atoms with Crippen LogP contribution in [0.5, 0.6) is 0 Å². The van der Waals surface area contributed by atoms with E-state index in [4.69, 9.17) is 31.5 Å². The van der Waals surface area contributed by atoms with Crippen LogP contribution in [0.1, 0.15) is 96.5 Å². The molecule has 65 heavy (non-hydrogen) atoms. The van der Waals surface area contributed by atoms with Crippen molar-refractivity contribution in [2.24, 2.45) is 16.7 Å². The first kappa shape index (κ1) is 49.4. The minimum absolute atomic E-state index is 0.0200. The van der Waals surface area contributed by atoms with Crippen molar-refractivity contribution in [2.75, 3.05) is 6.61 Å². The third kappa shape index (κ3) is 8.74. The molecule has 3 aliphatic carbocycles. The summed E-state index contributed by atoms with van der Waals surface area (Å²) in [6.07, 6.45) is -6.54. The molecule has 3 fully saturated rings. The van der Waals surface area contributed by atoms with Crippen LogP contribution in [0.2, 0.25) is 0 Å². The van der Waals surface area contributed by atoms with Crippen molar-refractivity contribution >= 4 is 64.4 Å². The van der Waals surface area contributed by atoms with E-state index in [1.54, 1.807) is 112 Å². The van der Waals surface area contributed by atoms with E-state index < -0.39 is 118 Å². The van der Waals surface area contributed by atoms with E-state index in [-0.39, 0.29) is 41.7 Å². The molecule has 1 aliphatic heterocycles. The second kappa shape index (κ2) is 19.1. The molecular weight excluding hydrogens is 955 g/mol. The van der Waals surface area contributed by atoms with E-state index in [0.29, 0.717) is 5.56 Å². The lowest BCUT2D eigenvalue weighted by Crippen LogP contribution is -2.82. The Hall–Kier alpha value is -5.04. The third-order valence-corrected chi connectivity index (χ3v) is 14.5. The lowest BCUT2D eigenvalue weighted by molar-refractivity contribution is -0.342. The van der Waals surface area contributed by atoms with Gasteiger partial charge in [0.05, 0.1) is 29.6 Å². The van der Waals surface area contributed by atoms with Gasteiger partial charge in [-0.2, -0.15) is 0 Å². The molecule has 4 aliphatic rings. The van der Waals surface area contributed by atoms with Crippen LogP contribution in [0.15, 0.2) is 96.1 Å². The fourth-order valence-corrected chi connectivity index (χ4v) is 11.4. The molecule has 1 heterocycles. The topological polar surface area (TPSA) is 204 Å². The number of carbonyl (C=O) groups excluding carboxylic acids is 7. The van der Waals surface area contributed by atoms with Crippen molar-refractivity contribution in [3.05, 3.63) is 107 Å². The van der Waals surface area contributed by atoms with Crippen LogP contribution < -0.4 is 0 Å². The molecule has 0 unspecified atom stereocenters. The maximum Gasteiger partial charge on any atom is 0.348 e. The van der Waals surface area contributed by atoms with Crippen molar-refractivity contribution in [3.63, 3.8) is 0 Å². The van der Waals surface area contributed by atoms with E-state index in [2.05, 4.69) is 6.58 Å². The van der Waals surface area contributed by atoms with E-state index >= 15 is 4.79 Å². The van der Waals surface area contributed by atoms with Gasteiger partial charge in [0.15, 0.2) is 23.3 Å². The first-order valence-electron chi connectivity index (χ1n) is 21.4. The lowest BCUT2D eigenvalue weighted by atomic mass is 9.44. The Morgan fingerprint density at radius 1 is 0.923 bits per heavy atom. The monoisotopic (exact) mass is 1010 g/mol. The van der Waals surface area contributed by atoms with Gasteiger partial charge >= 0.3 is 29.8 Å². The molecule has 6 rings (SSSR count). The highest BCUT2D eigenvalue weighted by Crippen LogP contribution is 2.65. The SMILES string of the molecule is C=C/C(=C\C)C(=O)C[C@@H](c1ccccc1)[C@@H](OC(C)=O)C(=O)O[C@H]1C[C@@]2(O)[C@@H](OC(=O)c3ccccc3)[C@@H]3[C@]4(OC(C)=O)CO[C@@H]4C[C@H](OI)[C@@]3(C)C(=O)[C@H](OC(C)=O)C(=C1C)C2(C)C. The van der Waals surface area contributed by atoms with E-state index in [9.17, 15) is 33.9 Å². The molecule has 0 radical (unpaired) electrons. The zero-order chi connectivity index (χ0) is 47.8. The molecule has 11 atom stereocenters. The van der Waals surface area contributed by atoms with Gasteiger partial charge in [0.25, 0.3) is 0 Å². The quantitative estimate of drug-likeness (QED) is 0.0544. The van der Waals surface area contributed by atoms with Crippen LogP contribution in [-0.4, -0.2) is 101 Å². The normalized spacial score (nSPS) is 31.2. The summed E-state index contributed by atoms with van der Waals surface area (Å²) in [7, 11) is 0. The number of ether oxygens (including phenoxy) is 6. The van der Waals surface area contributed by atoms with Crippen molar-refractivity contribution in [2.45, 2.75) is 128 Å². The number of aliphatic hydroxyl groups is 1. The molecule has 2 saturated carbocycles. The molecule has 0 amide bonds. The summed E-state index contributed by atoms with van der Waals surface area (Å²) in [6, 6.07) is 16.4. The lowest BCUT2D eigenvalue weighted by Gasteiger charge is -2.67. The third-order valence-electron chi connectivity index (χ3n) is 13.9. The van der Waals surface area contributed by atoms with E-state index in [1.165, 1.54) is 25.1 Å². The molecule has 16 heteroatoms. The fourth-order valence-electron chi connectivity index (χ4n) is 10.6. The number of esters is 5. The highest BCUT2D eigenvalue weighted by Gasteiger charge is 2.78. The predicted octanol–water partition coefficient (Wildman–Crippen LogP) is 6.38. The Kier molecular flexibility index (Phi) is 14.5. The van der Waals surface area contributed by atoms with Crippen LogP contribution >= 0.6 is 23.0 Å². The van der Waals surface area contributed by atoms with E-state index in [0.717, 1.165) is 13.8 Å². The largest absolute Gasteiger partial charge is 0.455 e. The molecule has 2 aromatic rings. The average Bonchev–Trinajstić information content (AvgIpc) is 3.25. The summed E-state index contributed by atoms with van der Waals surface area (Å²) >= 11 is 1.66. The number of carbonyl (C=O) groups is 7. The van der Waals surface area contributed by atoms with Crippen molar-refractivity contribution < 1.29 is 70.2 Å². The van der Waals surface area contributed by atoms with Crippen LogP contribution in [0, 0.1) is 16.7 Å². The average molecular weight is 1010 g/mol. The number of allylic oxidation sites excluding steroid dienone is 3. The molecule has 2 aromatic carbocycles. The van der Waals surface area contributed by atoms with E-state index in [1.807, 2.05) is 0 Å². The molecule has 348 valence electrons. The first-order valence-corrected chi connectivity index (χ1v) is 22.2. The number of hydrogen-bond acceptors (Lipinski definition) is 15. The van der Waals surface area contributed by atoms with Crippen LogP contribution in [0.3, 0.4) is 0 Å². The van der Waals surface area contributed by atoms with Crippen molar-refractivity contribution in [1.29, 1.82) is 0 Å². The smallest absolute Gasteiger partial charge is 0.348 e. The number of rotatable bonds is 14. The van der Waals surface area contributed by atoms with Gasteiger partial charge < -0.3 is 36.6 Å². The number of halogens is 1. The van der Waals surface area contributed by atoms with Gasteiger partial charge in [0, 0.05) is 56.9 Å². The van der Waals surface area contributed by atoms with Crippen LogP contribution in [0.25, 0.3) is 0 Å². The summed E-state index contributed by atoms with van der Waals surface area (Å²) in [5, 5.41) is 13.9. The molecule has 2 bridgehead atoms. The highest BCUT2D eigenvalue weighted by atomic mass is 127. The summed E-state index contributed by atoms with van der Waals surface area (Å²) in [4.78, 5) is 97.8. The van der Waals surface area contributed by atoms with Crippen molar-refractivity contribution in [1.82, 2.24) is 0 Å². The van der Waals surface area contributed by atoms with Crippen LogP contribution in [0.4, 0.5) is 0 Å². The van der Waals surface area contributed by atoms with Gasteiger partial charge in [0.1, 0.15) is 46.9 Å². The zero-order valence-electron chi connectivity index (χ0n) is 37.6. The van der Waals surface area contributed by atoms with Crippen molar-refractivity contribution in [3.8, 4) is 0 Å². The highest BCUT2D eigenvalue weighted by molar-refractivity contribution is 14.1. The summed E-state index contributed by atoms with van der Waals surface area (Å²) < 4.78 is 42.7. The maximum atomic E-state index is 15.8. The minimum atomic E-state index is -2.36. The molecule has 15 nitrogen and oxygen atoms in total. The molecule has 0 aromatic heterocycles. The Morgan fingerprint density at radius 3 is 2.08 bits per heavy atom. The van der Waals surface area contributed by atoms with Gasteiger partial charge in [-0.1, -0.05) is 81.1 Å². The first-order chi connectivity index (χ1) is 30.6. The Balaban J connectivity index is 1.60. The minimum Gasteiger partial charge on any atom is -0.455 e. The van der Waals surface area contributed by atoms with Gasteiger partial charge in [-0.3, -0.25) is 24.0 Å². The molecule has 1 saturated heterocycles. The summed E-state index contributed by atoms with van der Waals surface area (Å²) in [6.45, 7) is 14.8. The Morgan fingerprint density at radius 2 is 1.55 bits per heavy atom. The molecule has 0 spiro atoms. The molecular formula is C49H55IO15. The number of hydrogen-bond donors (Lipinski definition) is 1. The fraction of sp³-hybridized carbons (Fsp3) is 0.490. The van der Waals surface area contributed by atoms with Crippen LogP contribution in [-0.2, 0) is 60.3 Å². The van der Waals surface area contributed by atoms with Gasteiger partial charge in [-0.25, -0.2) is 9.59 Å². The van der Waals surface area contributed by atoms with Gasteiger partial charge in [0.2, 0.25) is 6.10 Å². The van der Waals surface area contributed by atoms with Gasteiger partial charge in [-0.15, -0.1) is 0 Å². The number of ketones is 2. The number of Topliss-reactive ketones (excluding diaryl/α,β-unsaturated/α-hetero) is 2. The standard InChI is InChI=1S/C49H55IO15/c1-10-30(11-2)34(54)22-33(31-18-14-12-15-19-31)39(60-27(4)51)45(57)62-35-24-49(58)43(63-44(56)32-20-16-13-17-21-32)41-47(9,36(65-50)23-37-48(41,25-59-37)64-29(6)53)42(55)40(61-28(5)52)38(26(35)3)46(49,7)8/h10-21,33,35-37,39-41,43,58H,1,22-25H2,2-9H3/b30-11+/t33-,35-,36-,37+,39+,40+,41-,43-,47+,48-,49+/m0/s1. The second-order valence-corrected chi connectivity index (χ2v) is 18.4. The maximum absolute atomic E-state index is 15.8. The second-order valence-electron chi connectivity index (χ2n) is 17.9. The number of fused-ring (bicyclic) bond motifs is 5. The Bertz CT molecular complexity index is 2300. The number of benzene rings is 2.